The summed E-state index contributed by atoms with van der Waals surface area (Å²) in [5.41, 5.74) is 3.72. The molecule has 2 aromatic rings. The van der Waals surface area contributed by atoms with Crippen molar-refractivity contribution in [1.29, 1.82) is 0 Å². The highest BCUT2D eigenvalue weighted by atomic mass is 16.3. The first-order valence-corrected chi connectivity index (χ1v) is 8.50. The van der Waals surface area contributed by atoms with E-state index in [0.29, 0.717) is 6.54 Å². The molecule has 1 aliphatic rings. The molecule has 0 spiro atoms. The molecular formula is C18H25N5O2. The highest BCUT2D eigenvalue weighted by Gasteiger charge is 2.20. The van der Waals surface area contributed by atoms with Gasteiger partial charge in [0.2, 0.25) is 5.91 Å². The minimum atomic E-state index is -0.00252. The van der Waals surface area contributed by atoms with E-state index >= 15 is 0 Å². The molecule has 0 bridgehead atoms. The summed E-state index contributed by atoms with van der Waals surface area (Å²) >= 11 is 0. The SMILES string of the molecule is Cc1nn(C)c(C)c1NC(=O)CN1CCN(c2ccc(O)cc2)CC1. The van der Waals surface area contributed by atoms with E-state index in [1.54, 1.807) is 16.8 Å². The lowest BCUT2D eigenvalue weighted by Gasteiger charge is -2.35. The van der Waals surface area contributed by atoms with E-state index in [4.69, 9.17) is 0 Å². The second kappa shape index (κ2) is 7.14. The molecule has 7 nitrogen and oxygen atoms in total. The molecule has 0 aliphatic carbocycles. The quantitative estimate of drug-likeness (QED) is 0.880. The van der Waals surface area contributed by atoms with Crippen LogP contribution >= 0.6 is 0 Å². The first-order chi connectivity index (χ1) is 11.9. The molecule has 1 aliphatic heterocycles. The third-order valence-corrected chi connectivity index (χ3v) is 4.73. The summed E-state index contributed by atoms with van der Waals surface area (Å²) in [6.45, 7) is 7.63. The van der Waals surface area contributed by atoms with Gasteiger partial charge >= 0.3 is 0 Å². The van der Waals surface area contributed by atoms with Crippen LogP contribution in [0.2, 0.25) is 0 Å². The monoisotopic (exact) mass is 343 g/mol. The predicted octanol–water partition coefficient (Wildman–Crippen LogP) is 1.50. The minimum Gasteiger partial charge on any atom is -0.508 e. The third kappa shape index (κ3) is 3.93. The molecule has 1 saturated heterocycles. The molecule has 0 radical (unpaired) electrons. The Morgan fingerprint density at radius 2 is 1.80 bits per heavy atom. The first-order valence-electron chi connectivity index (χ1n) is 8.50. The van der Waals surface area contributed by atoms with Gasteiger partial charge in [-0.15, -0.1) is 0 Å². The Hall–Kier alpha value is -2.54. The number of carbonyl (C=O) groups is 1. The fourth-order valence-electron chi connectivity index (χ4n) is 3.16. The average molecular weight is 343 g/mol. The number of aromatic nitrogens is 2. The first kappa shape index (κ1) is 17.3. The van der Waals surface area contributed by atoms with E-state index < -0.39 is 0 Å². The van der Waals surface area contributed by atoms with Gasteiger partial charge in [-0.2, -0.15) is 5.10 Å². The van der Waals surface area contributed by atoms with Crippen LogP contribution in [-0.4, -0.2) is 58.4 Å². The molecule has 134 valence electrons. The van der Waals surface area contributed by atoms with Crippen LogP contribution in [0.3, 0.4) is 0 Å². The number of carbonyl (C=O) groups excluding carboxylic acids is 1. The molecule has 3 rings (SSSR count). The van der Waals surface area contributed by atoms with Gasteiger partial charge in [0.15, 0.2) is 0 Å². The van der Waals surface area contributed by atoms with Crippen molar-refractivity contribution in [3.63, 3.8) is 0 Å². The van der Waals surface area contributed by atoms with E-state index in [2.05, 4.69) is 20.2 Å². The van der Waals surface area contributed by atoms with Crippen LogP contribution in [0, 0.1) is 13.8 Å². The Labute approximate surface area is 147 Å². The van der Waals surface area contributed by atoms with Crippen LogP contribution in [-0.2, 0) is 11.8 Å². The molecular weight excluding hydrogens is 318 g/mol. The van der Waals surface area contributed by atoms with Crippen LogP contribution in [0.15, 0.2) is 24.3 Å². The zero-order valence-corrected chi connectivity index (χ0v) is 15.0. The van der Waals surface area contributed by atoms with Crippen molar-refractivity contribution in [1.82, 2.24) is 14.7 Å². The summed E-state index contributed by atoms with van der Waals surface area (Å²) in [7, 11) is 1.88. The highest BCUT2D eigenvalue weighted by Crippen LogP contribution is 2.20. The molecule has 0 saturated carbocycles. The van der Waals surface area contributed by atoms with Crippen molar-refractivity contribution in [3.8, 4) is 5.75 Å². The van der Waals surface area contributed by atoms with Gasteiger partial charge in [0.05, 0.1) is 23.6 Å². The fourth-order valence-corrected chi connectivity index (χ4v) is 3.16. The van der Waals surface area contributed by atoms with Crippen molar-refractivity contribution < 1.29 is 9.90 Å². The number of piperazine rings is 1. The van der Waals surface area contributed by atoms with Crippen molar-refractivity contribution in [2.75, 3.05) is 42.9 Å². The van der Waals surface area contributed by atoms with Gasteiger partial charge in [0, 0.05) is 38.9 Å². The summed E-state index contributed by atoms with van der Waals surface area (Å²) < 4.78 is 1.78. The highest BCUT2D eigenvalue weighted by molar-refractivity contribution is 5.93. The second-order valence-corrected chi connectivity index (χ2v) is 6.50. The van der Waals surface area contributed by atoms with Crippen LogP contribution in [0.5, 0.6) is 5.75 Å². The number of amides is 1. The van der Waals surface area contributed by atoms with E-state index in [9.17, 15) is 9.90 Å². The van der Waals surface area contributed by atoms with Gasteiger partial charge in [-0.1, -0.05) is 0 Å². The van der Waals surface area contributed by atoms with Crippen molar-refractivity contribution in [2.45, 2.75) is 13.8 Å². The molecule has 1 amide bonds. The van der Waals surface area contributed by atoms with Crippen LogP contribution < -0.4 is 10.2 Å². The van der Waals surface area contributed by atoms with Gasteiger partial charge in [-0.25, -0.2) is 0 Å². The number of phenols is 1. The number of anilines is 2. The molecule has 25 heavy (non-hydrogen) atoms. The van der Waals surface area contributed by atoms with E-state index in [-0.39, 0.29) is 11.7 Å². The molecule has 1 fully saturated rings. The number of nitrogens with zero attached hydrogens (tertiary/aromatic N) is 4. The number of benzene rings is 1. The maximum absolute atomic E-state index is 12.4. The molecule has 2 heterocycles. The Kier molecular flexibility index (Phi) is 4.94. The molecule has 0 unspecified atom stereocenters. The van der Waals surface area contributed by atoms with E-state index in [1.807, 2.05) is 33.0 Å². The number of aromatic hydroxyl groups is 1. The molecule has 2 N–H and O–H groups in total. The second-order valence-electron chi connectivity index (χ2n) is 6.50. The van der Waals surface area contributed by atoms with Gasteiger partial charge in [0.25, 0.3) is 0 Å². The van der Waals surface area contributed by atoms with Crippen LogP contribution in [0.25, 0.3) is 0 Å². The Balaban J connectivity index is 1.51. The third-order valence-electron chi connectivity index (χ3n) is 4.73. The number of aryl methyl sites for hydroxylation is 2. The van der Waals surface area contributed by atoms with Gasteiger partial charge in [-0.3, -0.25) is 14.4 Å². The van der Waals surface area contributed by atoms with E-state index in [1.165, 1.54) is 0 Å². The van der Waals surface area contributed by atoms with Gasteiger partial charge in [-0.05, 0) is 38.1 Å². The number of hydrogen-bond acceptors (Lipinski definition) is 5. The molecule has 7 heteroatoms. The topological polar surface area (TPSA) is 73.6 Å². The fraction of sp³-hybridized carbons (Fsp3) is 0.444. The number of nitrogens with one attached hydrogen (secondary N) is 1. The zero-order chi connectivity index (χ0) is 18.0. The lowest BCUT2D eigenvalue weighted by molar-refractivity contribution is -0.117. The Morgan fingerprint density at radius 1 is 1.16 bits per heavy atom. The predicted molar refractivity (Wildman–Crippen MR) is 98.1 cm³/mol. The lowest BCUT2D eigenvalue weighted by Crippen LogP contribution is -2.48. The standard InChI is InChI=1S/C18H25N5O2/c1-13-18(14(2)21(3)20-13)19-17(25)12-22-8-10-23(11-9-22)15-4-6-16(24)7-5-15/h4-7,24H,8-12H2,1-3H3,(H,19,25). The average Bonchev–Trinajstić information content (AvgIpc) is 2.83. The van der Waals surface area contributed by atoms with E-state index in [0.717, 1.165) is 48.9 Å². The van der Waals surface area contributed by atoms with Crippen molar-refractivity contribution in [2.24, 2.45) is 7.05 Å². The summed E-state index contributed by atoms with van der Waals surface area (Å²) in [6, 6.07) is 7.25. The van der Waals surface area contributed by atoms with Gasteiger partial charge < -0.3 is 15.3 Å². The Bertz CT molecular complexity index is 746. The maximum Gasteiger partial charge on any atom is 0.238 e. The summed E-state index contributed by atoms with van der Waals surface area (Å²) in [5, 5.41) is 16.7. The summed E-state index contributed by atoms with van der Waals surface area (Å²) in [5.74, 6) is 0.275. The number of phenolic OH excluding ortho intramolecular Hbond substituents is 1. The van der Waals surface area contributed by atoms with Crippen molar-refractivity contribution >= 4 is 17.3 Å². The van der Waals surface area contributed by atoms with Crippen molar-refractivity contribution in [3.05, 3.63) is 35.7 Å². The van der Waals surface area contributed by atoms with Gasteiger partial charge in [0.1, 0.15) is 5.75 Å². The maximum atomic E-state index is 12.4. The normalized spacial score (nSPS) is 15.4. The Morgan fingerprint density at radius 3 is 2.36 bits per heavy atom. The largest absolute Gasteiger partial charge is 0.508 e. The molecule has 1 aromatic heterocycles. The molecule has 0 atom stereocenters. The minimum absolute atomic E-state index is 0.00252. The zero-order valence-electron chi connectivity index (χ0n) is 15.0. The summed E-state index contributed by atoms with van der Waals surface area (Å²) in [4.78, 5) is 16.8. The smallest absolute Gasteiger partial charge is 0.238 e. The summed E-state index contributed by atoms with van der Waals surface area (Å²) in [6.07, 6.45) is 0. The number of rotatable bonds is 4. The van der Waals surface area contributed by atoms with Crippen LogP contribution in [0.4, 0.5) is 11.4 Å². The number of hydrogen-bond donors (Lipinski definition) is 2. The lowest BCUT2D eigenvalue weighted by atomic mass is 10.2. The van der Waals surface area contributed by atoms with Crippen LogP contribution in [0.1, 0.15) is 11.4 Å². The molecule has 1 aromatic carbocycles.